The minimum atomic E-state index is -0.461. The van der Waals surface area contributed by atoms with E-state index in [1.165, 1.54) is 12.1 Å². The topological polar surface area (TPSA) is 60.2 Å². The first-order chi connectivity index (χ1) is 6.13. The number of hydrogen-bond donors (Lipinski definition) is 0. The number of aldehydes is 1. The molecule has 0 unspecified atom stereocenters. The van der Waals surface area contributed by atoms with Gasteiger partial charge in [0, 0.05) is 10.9 Å². The van der Waals surface area contributed by atoms with Crippen LogP contribution in [0.5, 0.6) is 0 Å². The molecule has 0 aliphatic carbocycles. The summed E-state index contributed by atoms with van der Waals surface area (Å²) >= 11 is 4.01. The van der Waals surface area contributed by atoms with Crippen molar-refractivity contribution in [3.8, 4) is 0 Å². The number of nitro groups is 1. The lowest BCUT2D eigenvalue weighted by molar-refractivity contribution is -0.380. The molecule has 0 bridgehead atoms. The number of halogens is 1. The van der Waals surface area contributed by atoms with Crippen molar-refractivity contribution in [1.29, 1.82) is 0 Å². The van der Waals surface area contributed by atoms with Gasteiger partial charge in [-0.3, -0.25) is 14.9 Å². The van der Waals surface area contributed by atoms with Gasteiger partial charge in [-0.25, -0.2) is 0 Å². The zero-order valence-corrected chi connectivity index (χ0v) is 8.67. The molecule has 1 aromatic rings. The smallest absolute Gasteiger partial charge is 0.297 e. The summed E-state index contributed by atoms with van der Waals surface area (Å²) < 4.78 is 0.365. The molecule has 0 atom stereocenters. The molecule has 4 nitrogen and oxygen atoms in total. The SMILES string of the molecule is O=CC(Br)=Cc1ccc([N+](=O)[O-])s1. The van der Waals surface area contributed by atoms with E-state index in [9.17, 15) is 14.9 Å². The number of nitrogens with zero attached hydrogens (tertiary/aromatic N) is 1. The van der Waals surface area contributed by atoms with Crippen molar-refractivity contribution in [1.82, 2.24) is 0 Å². The van der Waals surface area contributed by atoms with Gasteiger partial charge in [-0.1, -0.05) is 11.3 Å². The van der Waals surface area contributed by atoms with E-state index < -0.39 is 4.92 Å². The molecule has 13 heavy (non-hydrogen) atoms. The van der Waals surface area contributed by atoms with Crippen molar-refractivity contribution < 1.29 is 9.72 Å². The molecule has 0 fully saturated rings. The summed E-state index contributed by atoms with van der Waals surface area (Å²) in [5.74, 6) is 0. The third-order valence-electron chi connectivity index (χ3n) is 1.19. The fourth-order valence-corrected chi connectivity index (χ4v) is 1.86. The quantitative estimate of drug-likeness (QED) is 0.364. The van der Waals surface area contributed by atoms with Gasteiger partial charge in [0.25, 0.3) is 0 Å². The van der Waals surface area contributed by atoms with Crippen LogP contribution in [0.3, 0.4) is 0 Å². The van der Waals surface area contributed by atoms with Crippen LogP contribution in [-0.2, 0) is 4.79 Å². The summed E-state index contributed by atoms with van der Waals surface area (Å²) in [5, 5.41) is 10.4. The van der Waals surface area contributed by atoms with E-state index in [1.54, 1.807) is 6.07 Å². The van der Waals surface area contributed by atoms with Crippen molar-refractivity contribution in [2.45, 2.75) is 0 Å². The second kappa shape index (κ2) is 4.29. The standard InChI is InChI=1S/C7H4BrNO3S/c8-5(4-10)3-6-1-2-7(13-6)9(11)12/h1-4H. The van der Waals surface area contributed by atoms with Crippen LogP contribution in [0, 0.1) is 10.1 Å². The predicted octanol–water partition coefficient (Wildman–Crippen LogP) is 2.59. The van der Waals surface area contributed by atoms with E-state index in [0.29, 0.717) is 15.6 Å². The normalized spacial score (nSPS) is 11.3. The van der Waals surface area contributed by atoms with Gasteiger partial charge in [0.1, 0.15) is 0 Å². The first-order valence-corrected chi connectivity index (χ1v) is 4.81. The van der Waals surface area contributed by atoms with Crippen LogP contribution in [0.15, 0.2) is 16.6 Å². The largest absolute Gasteiger partial charge is 0.324 e. The average Bonchev–Trinajstić information content (AvgIpc) is 2.52. The van der Waals surface area contributed by atoms with Crippen molar-refractivity contribution >= 4 is 44.6 Å². The monoisotopic (exact) mass is 261 g/mol. The predicted molar refractivity (Wildman–Crippen MR) is 53.9 cm³/mol. The molecule has 0 radical (unpaired) electrons. The second-order valence-electron chi connectivity index (χ2n) is 2.08. The molecular weight excluding hydrogens is 258 g/mol. The third-order valence-corrected chi connectivity index (χ3v) is 2.59. The molecular formula is C7H4BrNO3S. The van der Waals surface area contributed by atoms with Crippen molar-refractivity contribution in [3.63, 3.8) is 0 Å². The number of allylic oxidation sites excluding steroid dienone is 1. The first kappa shape index (κ1) is 10.1. The van der Waals surface area contributed by atoms with E-state index in [0.717, 1.165) is 11.3 Å². The maximum Gasteiger partial charge on any atom is 0.324 e. The van der Waals surface area contributed by atoms with Gasteiger partial charge in [-0.2, -0.15) is 0 Å². The van der Waals surface area contributed by atoms with Crippen molar-refractivity contribution in [2.24, 2.45) is 0 Å². The highest BCUT2D eigenvalue weighted by molar-refractivity contribution is 9.12. The van der Waals surface area contributed by atoms with Crippen LogP contribution in [0.25, 0.3) is 6.08 Å². The summed E-state index contributed by atoms with van der Waals surface area (Å²) in [6, 6.07) is 3.00. The van der Waals surface area contributed by atoms with Crippen LogP contribution >= 0.6 is 27.3 Å². The molecule has 0 aliphatic heterocycles. The third kappa shape index (κ3) is 2.74. The van der Waals surface area contributed by atoms with E-state index in [4.69, 9.17) is 0 Å². The molecule has 6 heteroatoms. The Morgan fingerprint density at radius 2 is 2.31 bits per heavy atom. The van der Waals surface area contributed by atoms with E-state index in [1.807, 2.05) is 0 Å². The summed E-state index contributed by atoms with van der Waals surface area (Å²) in [6.07, 6.45) is 2.16. The van der Waals surface area contributed by atoms with Gasteiger partial charge < -0.3 is 0 Å². The molecule has 0 saturated carbocycles. The van der Waals surface area contributed by atoms with Crippen LogP contribution in [-0.4, -0.2) is 11.2 Å². The van der Waals surface area contributed by atoms with Gasteiger partial charge in [-0.15, -0.1) is 0 Å². The molecule has 0 amide bonds. The van der Waals surface area contributed by atoms with Crippen LogP contribution < -0.4 is 0 Å². The lowest BCUT2D eigenvalue weighted by atomic mass is 10.4. The lowest BCUT2D eigenvalue weighted by Crippen LogP contribution is -1.80. The highest BCUT2D eigenvalue weighted by Gasteiger charge is 2.07. The van der Waals surface area contributed by atoms with Gasteiger partial charge in [0.2, 0.25) is 0 Å². The Morgan fingerprint density at radius 3 is 2.77 bits per heavy atom. The first-order valence-electron chi connectivity index (χ1n) is 3.20. The van der Waals surface area contributed by atoms with Crippen molar-refractivity contribution in [2.75, 3.05) is 0 Å². The Morgan fingerprint density at radius 1 is 1.62 bits per heavy atom. The van der Waals surface area contributed by atoms with Crippen LogP contribution in [0.1, 0.15) is 4.88 Å². The van der Waals surface area contributed by atoms with E-state index in [-0.39, 0.29) is 5.00 Å². The van der Waals surface area contributed by atoms with Crippen LogP contribution in [0.2, 0.25) is 0 Å². The Hall–Kier alpha value is -1.01. The Kier molecular flexibility index (Phi) is 3.32. The second-order valence-corrected chi connectivity index (χ2v) is 4.09. The summed E-state index contributed by atoms with van der Waals surface area (Å²) in [7, 11) is 0. The molecule has 1 aromatic heterocycles. The molecule has 0 aromatic carbocycles. The number of rotatable bonds is 3. The summed E-state index contributed by atoms with van der Waals surface area (Å²) in [4.78, 5) is 20.7. The summed E-state index contributed by atoms with van der Waals surface area (Å²) in [6.45, 7) is 0. The van der Waals surface area contributed by atoms with Gasteiger partial charge in [0.05, 0.1) is 9.41 Å². The van der Waals surface area contributed by atoms with Crippen LogP contribution in [0.4, 0.5) is 5.00 Å². The Balaban J connectivity index is 2.92. The zero-order valence-electron chi connectivity index (χ0n) is 6.27. The Labute approximate surface area is 86.2 Å². The lowest BCUT2D eigenvalue weighted by Gasteiger charge is -1.83. The van der Waals surface area contributed by atoms with Gasteiger partial charge in [0.15, 0.2) is 6.29 Å². The van der Waals surface area contributed by atoms with E-state index >= 15 is 0 Å². The zero-order chi connectivity index (χ0) is 9.84. The molecule has 0 N–H and O–H groups in total. The highest BCUT2D eigenvalue weighted by atomic mass is 79.9. The minimum Gasteiger partial charge on any atom is -0.297 e. The maximum absolute atomic E-state index is 10.3. The number of hydrogen-bond acceptors (Lipinski definition) is 4. The molecule has 68 valence electrons. The summed E-state index contributed by atoms with van der Waals surface area (Å²) in [5.41, 5.74) is 0. The number of carbonyl (C=O) groups is 1. The molecule has 0 aliphatic rings. The highest BCUT2D eigenvalue weighted by Crippen LogP contribution is 2.26. The number of thiophene rings is 1. The fraction of sp³-hybridized carbons (Fsp3) is 0. The number of carbonyl (C=O) groups excluding carboxylic acids is 1. The minimum absolute atomic E-state index is 0.0671. The van der Waals surface area contributed by atoms with E-state index in [2.05, 4.69) is 15.9 Å². The fourth-order valence-electron chi connectivity index (χ4n) is 0.688. The molecule has 1 heterocycles. The van der Waals surface area contributed by atoms with Gasteiger partial charge >= 0.3 is 5.00 Å². The molecule has 1 rings (SSSR count). The average molecular weight is 262 g/mol. The Bertz CT molecular complexity index is 372. The maximum atomic E-state index is 10.3. The van der Waals surface area contributed by atoms with Gasteiger partial charge in [-0.05, 0) is 28.1 Å². The molecule has 0 spiro atoms. The van der Waals surface area contributed by atoms with Crippen molar-refractivity contribution in [3.05, 3.63) is 31.6 Å². The molecule has 0 saturated heterocycles.